The van der Waals surface area contributed by atoms with Crippen LogP contribution in [0.4, 0.5) is 25.7 Å². The van der Waals surface area contributed by atoms with Crippen molar-refractivity contribution in [2.45, 2.75) is 70.6 Å². The Morgan fingerprint density at radius 3 is 2.63 bits per heavy atom. The minimum atomic E-state index is -0.605. The van der Waals surface area contributed by atoms with Gasteiger partial charge in [-0.15, -0.1) is 0 Å². The third-order valence-electron chi connectivity index (χ3n) is 5.75. The van der Waals surface area contributed by atoms with Crippen LogP contribution in [0.15, 0.2) is 24.4 Å². The second-order valence-electron chi connectivity index (χ2n) is 9.73. The number of ether oxygens (including phenoxy) is 2. The van der Waals surface area contributed by atoms with Crippen LogP contribution in [-0.2, 0) is 9.47 Å². The van der Waals surface area contributed by atoms with Crippen LogP contribution in [0.1, 0.15) is 52.9 Å². The number of carbonyl (C=O) groups excluding carboxylic acids is 2. The van der Waals surface area contributed by atoms with Gasteiger partial charge in [0.2, 0.25) is 5.95 Å². The number of nitrogens with zero attached hydrogens (tertiary/aromatic N) is 4. The Bertz CT molecular complexity index is 1070. The zero-order valence-corrected chi connectivity index (χ0v) is 20.2. The Morgan fingerprint density at radius 1 is 1.17 bits per heavy atom. The van der Waals surface area contributed by atoms with Crippen molar-refractivity contribution in [3.8, 4) is 11.4 Å². The van der Waals surface area contributed by atoms with Gasteiger partial charge in [0.15, 0.2) is 5.82 Å². The minimum absolute atomic E-state index is 0.0426. The zero-order valence-electron chi connectivity index (χ0n) is 20.2. The largest absolute Gasteiger partial charge is 0.449 e. The SMILES string of the molecule is CC(C)(C)OC(=O)NC1CCC(Nc2ncc(F)c(-c3cccc(N4CCCOC4=O)n3)n2)CC1. The zero-order chi connectivity index (χ0) is 25.0. The molecule has 1 aliphatic heterocycles. The van der Waals surface area contributed by atoms with Crippen LogP contribution in [0.25, 0.3) is 11.4 Å². The molecule has 1 saturated carbocycles. The molecule has 0 bridgehead atoms. The van der Waals surface area contributed by atoms with Crippen molar-refractivity contribution in [2.24, 2.45) is 0 Å². The van der Waals surface area contributed by atoms with E-state index in [1.54, 1.807) is 18.2 Å². The van der Waals surface area contributed by atoms with Gasteiger partial charge in [-0.25, -0.2) is 28.9 Å². The molecule has 0 radical (unpaired) electrons. The minimum Gasteiger partial charge on any atom is -0.449 e. The molecule has 0 unspecified atom stereocenters. The number of nitrogens with one attached hydrogen (secondary N) is 2. The van der Waals surface area contributed by atoms with Crippen molar-refractivity contribution in [3.05, 3.63) is 30.2 Å². The Labute approximate surface area is 203 Å². The topological polar surface area (TPSA) is 119 Å². The van der Waals surface area contributed by atoms with E-state index in [9.17, 15) is 14.0 Å². The van der Waals surface area contributed by atoms with Gasteiger partial charge in [-0.05, 0) is 65.0 Å². The quantitative estimate of drug-likeness (QED) is 0.643. The lowest BCUT2D eigenvalue weighted by atomic mass is 9.91. The highest BCUT2D eigenvalue weighted by atomic mass is 19.1. The fraction of sp³-hybridized carbons (Fsp3) is 0.542. The van der Waals surface area contributed by atoms with Crippen molar-refractivity contribution in [2.75, 3.05) is 23.4 Å². The number of aromatic nitrogens is 3. The molecular formula is C24H31FN6O4. The fourth-order valence-corrected chi connectivity index (χ4v) is 4.12. The number of anilines is 2. The molecule has 2 aromatic rings. The van der Waals surface area contributed by atoms with Crippen molar-refractivity contribution in [1.29, 1.82) is 0 Å². The number of carbonyl (C=O) groups is 2. The van der Waals surface area contributed by atoms with Crippen molar-refractivity contribution in [1.82, 2.24) is 20.3 Å². The van der Waals surface area contributed by atoms with Crippen molar-refractivity contribution < 1.29 is 23.5 Å². The Kier molecular flexibility index (Phi) is 7.32. The van der Waals surface area contributed by atoms with Crippen LogP contribution >= 0.6 is 0 Å². The smallest absolute Gasteiger partial charge is 0.415 e. The van der Waals surface area contributed by atoms with Gasteiger partial charge in [0.1, 0.15) is 17.1 Å². The predicted octanol–water partition coefficient (Wildman–Crippen LogP) is 4.27. The van der Waals surface area contributed by atoms with Gasteiger partial charge in [-0.1, -0.05) is 6.07 Å². The molecule has 4 rings (SSSR count). The van der Waals surface area contributed by atoms with E-state index in [-0.39, 0.29) is 17.8 Å². The third kappa shape index (κ3) is 6.55. The van der Waals surface area contributed by atoms with Crippen molar-refractivity contribution in [3.63, 3.8) is 0 Å². The van der Waals surface area contributed by atoms with Gasteiger partial charge in [0, 0.05) is 18.6 Å². The lowest BCUT2D eigenvalue weighted by Gasteiger charge is -2.30. The summed E-state index contributed by atoms with van der Waals surface area (Å²) in [5.41, 5.74) is -0.185. The van der Waals surface area contributed by atoms with Crippen molar-refractivity contribution >= 4 is 24.0 Å². The lowest BCUT2D eigenvalue weighted by molar-refractivity contribution is 0.0492. The lowest BCUT2D eigenvalue weighted by Crippen LogP contribution is -2.42. The standard InChI is InChI=1S/C24H31FN6O4/c1-24(2,3)35-22(32)28-16-10-8-15(9-11-16)27-21-26-14-17(25)20(30-21)18-6-4-7-19(29-18)31-12-5-13-34-23(31)33/h4,6-7,14-16H,5,8-13H2,1-3H3,(H,28,32)(H,26,27,30). The maximum absolute atomic E-state index is 14.6. The van der Waals surface area contributed by atoms with E-state index in [4.69, 9.17) is 9.47 Å². The summed E-state index contributed by atoms with van der Waals surface area (Å²) < 4.78 is 25.0. The van der Waals surface area contributed by atoms with Gasteiger partial charge in [-0.3, -0.25) is 4.90 Å². The normalized spacial score (nSPS) is 20.7. The summed E-state index contributed by atoms with van der Waals surface area (Å²) in [5, 5.41) is 6.19. The molecule has 1 aliphatic carbocycles. The van der Waals surface area contributed by atoms with E-state index in [1.807, 2.05) is 20.8 Å². The van der Waals surface area contributed by atoms with E-state index in [0.29, 0.717) is 37.0 Å². The molecule has 10 nitrogen and oxygen atoms in total. The van der Waals surface area contributed by atoms with Gasteiger partial charge in [0.25, 0.3) is 0 Å². The van der Waals surface area contributed by atoms with Gasteiger partial charge < -0.3 is 20.1 Å². The summed E-state index contributed by atoms with van der Waals surface area (Å²) in [5.74, 6) is 0.0803. The fourth-order valence-electron chi connectivity index (χ4n) is 4.12. The van der Waals surface area contributed by atoms with E-state index in [1.165, 1.54) is 4.90 Å². The molecule has 0 aromatic carbocycles. The molecule has 1 saturated heterocycles. The number of rotatable bonds is 5. The molecule has 2 aromatic heterocycles. The molecular weight excluding hydrogens is 455 g/mol. The van der Waals surface area contributed by atoms with Crippen LogP contribution in [-0.4, -0.2) is 58.0 Å². The number of pyridine rings is 1. The monoisotopic (exact) mass is 486 g/mol. The molecule has 2 aliphatic rings. The Morgan fingerprint density at radius 2 is 1.91 bits per heavy atom. The van der Waals surface area contributed by atoms with E-state index in [2.05, 4.69) is 25.6 Å². The maximum atomic E-state index is 14.6. The first-order valence-corrected chi connectivity index (χ1v) is 11.9. The number of amides is 2. The Balaban J connectivity index is 1.39. The number of halogens is 1. The Hall–Kier alpha value is -3.50. The highest BCUT2D eigenvalue weighted by Crippen LogP contribution is 2.26. The molecule has 3 heterocycles. The molecule has 188 valence electrons. The summed E-state index contributed by atoms with van der Waals surface area (Å²) in [6.45, 7) is 6.36. The highest BCUT2D eigenvalue weighted by molar-refractivity contribution is 5.87. The van der Waals surface area contributed by atoms with Crippen LogP contribution in [0.3, 0.4) is 0 Å². The molecule has 2 fully saturated rings. The molecule has 2 amide bonds. The van der Waals surface area contributed by atoms with Gasteiger partial charge in [0.05, 0.1) is 18.5 Å². The third-order valence-corrected chi connectivity index (χ3v) is 5.75. The molecule has 35 heavy (non-hydrogen) atoms. The first-order valence-electron chi connectivity index (χ1n) is 11.9. The van der Waals surface area contributed by atoms with Crippen LogP contribution < -0.4 is 15.5 Å². The van der Waals surface area contributed by atoms with Crippen LogP contribution in [0.2, 0.25) is 0 Å². The van der Waals surface area contributed by atoms with Crippen LogP contribution in [0, 0.1) is 5.82 Å². The molecule has 0 spiro atoms. The van der Waals surface area contributed by atoms with Gasteiger partial charge >= 0.3 is 12.2 Å². The average Bonchev–Trinajstić information content (AvgIpc) is 2.81. The second-order valence-corrected chi connectivity index (χ2v) is 9.73. The van der Waals surface area contributed by atoms with E-state index in [0.717, 1.165) is 31.9 Å². The van der Waals surface area contributed by atoms with Crippen LogP contribution in [0.5, 0.6) is 0 Å². The number of hydrogen-bond donors (Lipinski definition) is 2. The van der Waals surface area contributed by atoms with Gasteiger partial charge in [-0.2, -0.15) is 0 Å². The summed E-state index contributed by atoms with van der Waals surface area (Å²) in [6, 6.07) is 5.15. The average molecular weight is 487 g/mol. The molecule has 11 heteroatoms. The van der Waals surface area contributed by atoms with E-state index >= 15 is 0 Å². The maximum Gasteiger partial charge on any atom is 0.415 e. The second kappa shape index (κ2) is 10.4. The predicted molar refractivity (Wildman–Crippen MR) is 128 cm³/mol. The number of cyclic esters (lactones) is 1. The number of hydrogen-bond acceptors (Lipinski definition) is 8. The summed E-state index contributed by atoms with van der Waals surface area (Å²) >= 11 is 0. The van der Waals surface area contributed by atoms with E-state index < -0.39 is 23.6 Å². The first-order chi connectivity index (χ1) is 16.7. The summed E-state index contributed by atoms with van der Waals surface area (Å²) in [4.78, 5) is 38.4. The molecule has 0 atom stereocenters. The summed E-state index contributed by atoms with van der Waals surface area (Å²) in [6.07, 6.45) is 4.08. The summed E-state index contributed by atoms with van der Waals surface area (Å²) in [7, 11) is 0. The first kappa shape index (κ1) is 24.6. The molecule has 2 N–H and O–H groups in total. The highest BCUT2D eigenvalue weighted by Gasteiger charge is 2.26. The number of alkyl carbamates (subject to hydrolysis) is 1.